The molecule has 3 aromatic rings. The third-order valence-electron chi connectivity index (χ3n) is 3.41. The van der Waals surface area contributed by atoms with Crippen LogP contribution in [-0.2, 0) is 6.54 Å². The molecule has 0 aliphatic rings. The Morgan fingerprint density at radius 2 is 2.24 bits per heavy atom. The largest absolute Gasteiger partial charge is 0.619 e. The molecule has 0 N–H and O–H groups in total. The second kappa shape index (κ2) is 5.28. The fraction of sp³-hybridized carbons (Fsp3) is 0.125. The van der Waals surface area contributed by atoms with Crippen LogP contribution in [0, 0.1) is 12.1 Å². The lowest BCUT2D eigenvalue weighted by molar-refractivity contribution is -0.349. The minimum absolute atomic E-state index is 0.494. The summed E-state index contributed by atoms with van der Waals surface area (Å²) in [5, 5.41) is 11.3. The number of hydrogen-bond acceptors (Lipinski definition) is 3. The summed E-state index contributed by atoms with van der Waals surface area (Å²) in [5.41, 5.74) is 2.39. The third-order valence-corrected chi connectivity index (χ3v) is 3.41. The Morgan fingerprint density at radius 3 is 2.95 bits per heavy atom. The monoisotopic (exact) mass is 281 g/mol. The van der Waals surface area contributed by atoms with Crippen molar-refractivity contribution in [2.24, 2.45) is 0 Å². The first-order valence-electron chi connectivity index (χ1n) is 6.57. The maximum atomic E-state index is 11.3. The van der Waals surface area contributed by atoms with Crippen molar-refractivity contribution in [1.29, 1.82) is 0 Å². The van der Waals surface area contributed by atoms with Gasteiger partial charge < -0.3 is 14.2 Å². The van der Waals surface area contributed by atoms with Crippen molar-refractivity contribution in [3.8, 4) is 11.3 Å². The maximum Gasteiger partial charge on any atom is 0.216 e. The third kappa shape index (κ3) is 2.58. The van der Waals surface area contributed by atoms with E-state index in [9.17, 15) is 5.21 Å². The Morgan fingerprint density at radius 1 is 1.38 bits per heavy atom. The van der Waals surface area contributed by atoms with E-state index in [1.807, 2.05) is 35.9 Å². The van der Waals surface area contributed by atoms with Crippen LogP contribution in [0.5, 0.6) is 0 Å². The predicted molar refractivity (Wildman–Crippen MR) is 80.6 cm³/mol. The molecule has 0 amide bonds. The lowest BCUT2D eigenvalue weighted by Crippen LogP contribution is -2.01. The predicted octanol–water partition coefficient (Wildman–Crippen LogP) is 3.34. The average Bonchev–Trinajstić information content (AvgIpc) is 3.09. The lowest BCUT2D eigenvalue weighted by atomic mass is 10.1. The molecule has 0 fully saturated rings. The molecule has 3 rings (SSSR count). The zero-order valence-electron chi connectivity index (χ0n) is 11.7. The highest BCUT2D eigenvalue weighted by molar-refractivity contribution is 5.64. The van der Waals surface area contributed by atoms with E-state index in [1.165, 1.54) is 0 Å². The van der Waals surface area contributed by atoms with Gasteiger partial charge in [0.15, 0.2) is 0 Å². The maximum absolute atomic E-state index is 11.3. The van der Waals surface area contributed by atoms with Crippen LogP contribution >= 0.6 is 0 Å². The highest BCUT2D eigenvalue weighted by Gasteiger charge is 2.12. The van der Waals surface area contributed by atoms with Crippen LogP contribution in [0.4, 0.5) is 5.69 Å². The Hall–Kier alpha value is -2.82. The van der Waals surface area contributed by atoms with Crippen molar-refractivity contribution in [2.75, 3.05) is 0 Å². The van der Waals surface area contributed by atoms with Crippen molar-refractivity contribution < 1.29 is 9.16 Å². The summed E-state index contributed by atoms with van der Waals surface area (Å²) < 4.78 is 8.23. The molecule has 0 aliphatic carbocycles. The Kier molecular flexibility index (Phi) is 3.31. The molecule has 0 unspecified atom stereocenters. The first-order valence-corrected chi connectivity index (χ1v) is 6.57. The molecule has 0 saturated heterocycles. The van der Waals surface area contributed by atoms with E-state index in [-0.39, 0.29) is 0 Å². The van der Waals surface area contributed by atoms with Gasteiger partial charge in [0.25, 0.3) is 0 Å². The molecule has 106 valence electrons. The van der Waals surface area contributed by atoms with Gasteiger partial charge in [0.1, 0.15) is 18.3 Å². The molecule has 0 aliphatic heterocycles. The van der Waals surface area contributed by atoms with Crippen LogP contribution < -0.4 is 0 Å². The van der Waals surface area contributed by atoms with Gasteiger partial charge in [-0.05, 0) is 13.0 Å². The zero-order chi connectivity index (χ0) is 14.8. The molecule has 0 atom stereocenters. The second-order valence-corrected chi connectivity index (χ2v) is 4.81. The van der Waals surface area contributed by atoms with Gasteiger partial charge in [0, 0.05) is 35.7 Å². The zero-order valence-corrected chi connectivity index (χ0v) is 11.7. The van der Waals surface area contributed by atoms with Crippen LogP contribution in [-0.4, -0.2) is 21.0 Å². The molecule has 21 heavy (non-hydrogen) atoms. The number of nitrogens with zero attached hydrogens (tertiary/aromatic N) is 3. The summed E-state index contributed by atoms with van der Waals surface area (Å²) in [6, 6.07) is 9.14. The molecular formula is C16H15N3O2. The van der Waals surface area contributed by atoms with Gasteiger partial charge in [-0.3, -0.25) is 0 Å². The molecule has 2 heterocycles. The highest BCUT2D eigenvalue weighted by atomic mass is 16.5. The van der Waals surface area contributed by atoms with E-state index in [0.29, 0.717) is 17.0 Å². The summed E-state index contributed by atoms with van der Waals surface area (Å²) in [5.74, 6) is 1.70. The first-order chi connectivity index (χ1) is 10.1. The molecule has 0 radical (unpaired) electrons. The Bertz CT molecular complexity index is 786. The summed E-state index contributed by atoms with van der Waals surface area (Å²) in [6.07, 6.45) is 5.36. The molecule has 0 saturated carbocycles. The molecular weight excluding hydrogens is 266 g/mol. The van der Waals surface area contributed by atoms with Crippen LogP contribution in [0.2, 0.25) is 0 Å². The summed E-state index contributed by atoms with van der Waals surface area (Å²) in [7, 11) is 0. The van der Waals surface area contributed by atoms with Crippen molar-refractivity contribution in [1.82, 2.24) is 9.55 Å². The van der Waals surface area contributed by atoms with Gasteiger partial charge in [0.05, 0.1) is 12.8 Å². The standard InChI is InChI=1S/C16H15N3O2/c1-12-17-7-8-19(12)11-14-6-9-21-16(14)13-4-3-5-15(10-13)18(2)20/h3-10H,2,11H2,1H3. The second-order valence-electron chi connectivity index (χ2n) is 4.81. The summed E-state index contributed by atoms with van der Waals surface area (Å²) in [6.45, 7) is 5.99. The molecule has 5 nitrogen and oxygen atoms in total. The van der Waals surface area contributed by atoms with Crippen molar-refractivity contribution in [3.05, 3.63) is 65.6 Å². The van der Waals surface area contributed by atoms with Crippen LogP contribution in [0.3, 0.4) is 0 Å². The van der Waals surface area contributed by atoms with Gasteiger partial charge in [0.2, 0.25) is 5.69 Å². The van der Waals surface area contributed by atoms with Crippen LogP contribution in [0.15, 0.2) is 53.4 Å². The topological polar surface area (TPSA) is 57.0 Å². The van der Waals surface area contributed by atoms with Crippen molar-refractivity contribution in [2.45, 2.75) is 13.5 Å². The Balaban J connectivity index is 1.97. The van der Waals surface area contributed by atoms with E-state index in [1.54, 1.807) is 24.6 Å². The number of aromatic nitrogens is 2. The summed E-state index contributed by atoms with van der Waals surface area (Å²) >= 11 is 0. The Labute approximate surface area is 122 Å². The molecule has 0 spiro atoms. The fourth-order valence-corrected chi connectivity index (χ4v) is 2.27. The van der Waals surface area contributed by atoms with E-state index in [0.717, 1.165) is 22.7 Å². The minimum Gasteiger partial charge on any atom is -0.619 e. The van der Waals surface area contributed by atoms with Crippen molar-refractivity contribution in [3.63, 3.8) is 0 Å². The lowest BCUT2D eigenvalue weighted by Gasteiger charge is -2.07. The first kappa shape index (κ1) is 13.2. The summed E-state index contributed by atoms with van der Waals surface area (Å²) in [4.78, 5) is 4.21. The smallest absolute Gasteiger partial charge is 0.216 e. The van der Waals surface area contributed by atoms with Gasteiger partial charge in [-0.1, -0.05) is 12.1 Å². The van der Waals surface area contributed by atoms with Gasteiger partial charge >= 0.3 is 0 Å². The molecule has 2 aromatic heterocycles. The quantitative estimate of drug-likeness (QED) is 0.319. The molecule has 1 aromatic carbocycles. The number of furan rings is 1. The van der Waals surface area contributed by atoms with Crippen LogP contribution in [0.1, 0.15) is 11.4 Å². The van der Waals surface area contributed by atoms with Gasteiger partial charge in [-0.15, -0.1) is 0 Å². The van der Waals surface area contributed by atoms with E-state index in [4.69, 9.17) is 4.42 Å². The number of benzene rings is 1. The van der Waals surface area contributed by atoms with Crippen LogP contribution in [0.25, 0.3) is 11.3 Å². The average molecular weight is 281 g/mol. The molecule has 0 bridgehead atoms. The SMILES string of the molecule is C=[N+]([O-])c1cccc(-c2occc2Cn2ccnc2C)c1. The number of hydrogen-bond donors (Lipinski definition) is 0. The fourth-order valence-electron chi connectivity index (χ4n) is 2.27. The molecule has 5 heteroatoms. The number of imidazole rings is 1. The van der Waals surface area contributed by atoms with E-state index < -0.39 is 0 Å². The minimum atomic E-state index is 0.494. The van der Waals surface area contributed by atoms with E-state index >= 15 is 0 Å². The number of aryl methyl sites for hydroxylation is 1. The van der Waals surface area contributed by atoms with Gasteiger partial charge in [-0.2, -0.15) is 4.74 Å². The van der Waals surface area contributed by atoms with Crippen molar-refractivity contribution >= 4 is 12.4 Å². The highest BCUT2D eigenvalue weighted by Crippen LogP contribution is 2.28. The normalized spacial score (nSPS) is 10.7. The van der Waals surface area contributed by atoms with Gasteiger partial charge in [-0.25, -0.2) is 4.98 Å². The van der Waals surface area contributed by atoms with E-state index in [2.05, 4.69) is 11.7 Å². The number of rotatable bonds is 4.